The van der Waals surface area contributed by atoms with Gasteiger partial charge in [-0.15, -0.1) is 10.2 Å². The first-order valence-electron chi connectivity index (χ1n) is 11.2. The summed E-state index contributed by atoms with van der Waals surface area (Å²) in [5.74, 6) is -0.982. The van der Waals surface area contributed by atoms with Crippen molar-refractivity contribution >= 4 is 46.3 Å². The molecule has 2 fully saturated rings. The van der Waals surface area contributed by atoms with Crippen molar-refractivity contribution in [2.45, 2.75) is 25.7 Å². The number of rotatable bonds is 7. The molecule has 1 atom stereocenters. The predicted molar refractivity (Wildman–Crippen MR) is 127 cm³/mol. The molecule has 1 aromatic heterocycles. The molecule has 0 unspecified atom stereocenters. The van der Waals surface area contributed by atoms with Gasteiger partial charge in [0.25, 0.3) is 11.8 Å². The van der Waals surface area contributed by atoms with Gasteiger partial charge >= 0.3 is 0 Å². The Morgan fingerprint density at radius 3 is 2.52 bits per heavy atom. The summed E-state index contributed by atoms with van der Waals surface area (Å²) in [6, 6.07) is 6.69. The summed E-state index contributed by atoms with van der Waals surface area (Å²) < 4.78 is 0. The average Bonchev–Trinajstić information content (AvgIpc) is 3.53. The molecule has 3 amide bonds. The highest BCUT2D eigenvalue weighted by Crippen LogP contribution is 2.21. The quantitative estimate of drug-likeness (QED) is 0.617. The number of aromatic nitrogens is 2. The Hall–Kier alpha value is -2.56. The topological polar surface area (TPSA) is 108 Å². The number of piperidine rings is 1. The van der Waals surface area contributed by atoms with E-state index < -0.39 is 5.91 Å². The van der Waals surface area contributed by atoms with Crippen LogP contribution in [0.25, 0.3) is 0 Å². The first-order chi connectivity index (χ1) is 16.0. The van der Waals surface area contributed by atoms with Crippen LogP contribution in [-0.4, -0.2) is 77.0 Å². The molecule has 4 rings (SSSR count). The van der Waals surface area contributed by atoms with E-state index in [4.69, 9.17) is 11.6 Å². The molecule has 0 spiro atoms. The van der Waals surface area contributed by atoms with Gasteiger partial charge in [-0.3, -0.25) is 14.4 Å². The zero-order valence-electron chi connectivity index (χ0n) is 18.3. The van der Waals surface area contributed by atoms with Crippen LogP contribution in [0.3, 0.4) is 0 Å². The maximum atomic E-state index is 12.9. The molecule has 0 saturated carbocycles. The van der Waals surface area contributed by atoms with Crippen LogP contribution in [0.4, 0.5) is 5.69 Å². The lowest BCUT2D eigenvalue weighted by Crippen LogP contribution is -2.46. The Bertz CT molecular complexity index is 992. The second kappa shape index (κ2) is 11.0. The van der Waals surface area contributed by atoms with Crippen LogP contribution in [0, 0.1) is 5.92 Å². The van der Waals surface area contributed by atoms with Crippen LogP contribution in [0.2, 0.25) is 5.02 Å². The molecule has 2 aromatic rings. The summed E-state index contributed by atoms with van der Waals surface area (Å²) in [5.41, 5.74) is 0.571. The summed E-state index contributed by atoms with van der Waals surface area (Å²) in [7, 11) is 0. The lowest BCUT2D eigenvalue weighted by Gasteiger charge is -2.31. The van der Waals surface area contributed by atoms with Crippen LogP contribution in [0.15, 0.2) is 24.3 Å². The lowest BCUT2D eigenvalue weighted by atomic mass is 9.97. The normalized spacial score (nSPS) is 18.8. The SMILES string of the molecule is O=C(Nc1ccc(Cl)cc1)c1nnc(C(=O)N2CCC[C@H](C(=O)NCCN3CCCC3)C2)s1. The molecule has 11 heteroatoms. The monoisotopic (exact) mass is 490 g/mol. The molecule has 2 aliphatic rings. The van der Waals surface area contributed by atoms with Crippen LogP contribution >= 0.6 is 22.9 Å². The summed E-state index contributed by atoms with van der Waals surface area (Å²) in [6.45, 7) is 4.60. The summed E-state index contributed by atoms with van der Waals surface area (Å²) in [5, 5.41) is 14.3. The van der Waals surface area contributed by atoms with Gasteiger partial charge in [0, 0.05) is 36.9 Å². The van der Waals surface area contributed by atoms with Crippen molar-refractivity contribution in [1.29, 1.82) is 0 Å². The Morgan fingerprint density at radius 1 is 1.03 bits per heavy atom. The van der Waals surface area contributed by atoms with Crippen molar-refractivity contribution in [1.82, 2.24) is 25.3 Å². The van der Waals surface area contributed by atoms with Gasteiger partial charge in [-0.25, -0.2) is 0 Å². The van der Waals surface area contributed by atoms with Gasteiger partial charge in [-0.05, 0) is 63.0 Å². The van der Waals surface area contributed by atoms with Gasteiger partial charge in [0.05, 0.1) is 5.92 Å². The minimum atomic E-state index is -0.442. The fraction of sp³-hybridized carbons (Fsp3) is 0.500. The van der Waals surface area contributed by atoms with E-state index in [9.17, 15) is 14.4 Å². The van der Waals surface area contributed by atoms with Gasteiger partial charge in [-0.1, -0.05) is 22.9 Å². The van der Waals surface area contributed by atoms with E-state index in [2.05, 4.69) is 25.7 Å². The molecule has 3 heterocycles. The smallest absolute Gasteiger partial charge is 0.286 e. The van der Waals surface area contributed by atoms with Gasteiger partial charge in [0.2, 0.25) is 15.9 Å². The molecule has 33 heavy (non-hydrogen) atoms. The molecule has 2 N–H and O–H groups in total. The van der Waals surface area contributed by atoms with Crippen molar-refractivity contribution in [2.24, 2.45) is 5.92 Å². The number of anilines is 1. The number of hydrogen-bond acceptors (Lipinski definition) is 7. The van der Waals surface area contributed by atoms with E-state index in [1.165, 1.54) is 12.8 Å². The van der Waals surface area contributed by atoms with Crippen LogP contribution in [0.5, 0.6) is 0 Å². The number of amides is 3. The summed E-state index contributed by atoms with van der Waals surface area (Å²) in [6.07, 6.45) is 3.95. The van der Waals surface area contributed by atoms with E-state index >= 15 is 0 Å². The number of hydrogen-bond donors (Lipinski definition) is 2. The molecule has 0 aliphatic carbocycles. The number of nitrogens with one attached hydrogen (secondary N) is 2. The fourth-order valence-corrected chi connectivity index (χ4v) is 4.95. The van der Waals surface area contributed by atoms with Crippen LogP contribution in [0.1, 0.15) is 45.3 Å². The van der Waals surface area contributed by atoms with Crippen molar-refractivity contribution < 1.29 is 14.4 Å². The number of halogens is 1. The maximum Gasteiger partial charge on any atom is 0.286 e. The minimum absolute atomic E-state index is 0.00741. The molecule has 2 saturated heterocycles. The van der Waals surface area contributed by atoms with E-state index in [0.29, 0.717) is 30.3 Å². The largest absolute Gasteiger partial charge is 0.355 e. The molecule has 9 nitrogen and oxygen atoms in total. The van der Waals surface area contributed by atoms with Crippen molar-refractivity contribution in [3.8, 4) is 0 Å². The highest BCUT2D eigenvalue weighted by molar-refractivity contribution is 7.15. The summed E-state index contributed by atoms with van der Waals surface area (Å²) in [4.78, 5) is 42.0. The number of carbonyl (C=O) groups is 3. The maximum absolute atomic E-state index is 12.9. The number of carbonyl (C=O) groups excluding carboxylic acids is 3. The zero-order valence-corrected chi connectivity index (χ0v) is 19.8. The zero-order chi connectivity index (χ0) is 23.2. The Kier molecular flexibility index (Phi) is 7.89. The van der Waals surface area contributed by atoms with Gasteiger partial charge in [-0.2, -0.15) is 0 Å². The molecule has 0 radical (unpaired) electrons. The van der Waals surface area contributed by atoms with E-state index in [1.54, 1.807) is 29.2 Å². The second-order valence-corrected chi connectivity index (χ2v) is 9.72. The van der Waals surface area contributed by atoms with Crippen molar-refractivity contribution in [3.63, 3.8) is 0 Å². The molecule has 1 aromatic carbocycles. The van der Waals surface area contributed by atoms with Crippen molar-refractivity contribution in [3.05, 3.63) is 39.3 Å². The number of likely N-dealkylation sites (tertiary alicyclic amines) is 2. The molecule has 176 valence electrons. The first kappa shape index (κ1) is 23.6. The predicted octanol–water partition coefficient (Wildman–Crippen LogP) is 2.51. The van der Waals surface area contributed by atoms with Crippen LogP contribution in [-0.2, 0) is 4.79 Å². The minimum Gasteiger partial charge on any atom is -0.355 e. The van der Waals surface area contributed by atoms with Crippen LogP contribution < -0.4 is 10.6 Å². The Balaban J connectivity index is 1.29. The van der Waals surface area contributed by atoms with Crippen molar-refractivity contribution in [2.75, 3.05) is 44.6 Å². The Morgan fingerprint density at radius 2 is 1.76 bits per heavy atom. The standard InChI is InChI=1S/C22H27ClN6O3S/c23-16-5-7-17(8-6-16)25-19(31)20-26-27-21(33-20)22(32)29-12-3-4-15(14-29)18(30)24-9-13-28-10-1-2-11-28/h5-8,15H,1-4,9-14H2,(H,24,30)(H,25,31)/t15-/m0/s1. The van der Waals surface area contributed by atoms with E-state index in [-0.39, 0.29) is 27.7 Å². The molecular weight excluding hydrogens is 464 g/mol. The Labute approximate surface area is 201 Å². The number of benzene rings is 1. The highest BCUT2D eigenvalue weighted by Gasteiger charge is 2.31. The lowest BCUT2D eigenvalue weighted by molar-refractivity contribution is -0.126. The van der Waals surface area contributed by atoms with Gasteiger partial charge in [0.15, 0.2) is 0 Å². The van der Waals surface area contributed by atoms with Gasteiger partial charge in [0.1, 0.15) is 0 Å². The third kappa shape index (κ3) is 6.27. The average molecular weight is 491 g/mol. The van der Waals surface area contributed by atoms with E-state index in [1.807, 2.05) is 0 Å². The second-order valence-electron chi connectivity index (χ2n) is 8.30. The third-order valence-corrected chi connectivity index (χ3v) is 7.07. The first-order valence-corrected chi connectivity index (χ1v) is 12.4. The molecular formula is C22H27ClN6O3S. The number of nitrogens with zero attached hydrogens (tertiary/aromatic N) is 4. The summed E-state index contributed by atoms with van der Waals surface area (Å²) >= 11 is 6.80. The molecule has 2 aliphatic heterocycles. The highest BCUT2D eigenvalue weighted by atomic mass is 35.5. The molecule has 0 bridgehead atoms. The third-order valence-electron chi connectivity index (χ3n) is 5.91. The van der Waals surface area contributed by atoms with E-state index in [0.717, 1.165) is 43.8 Å². The van der Waals surface area contributed by atoms with Gasteiger partial charge < -0.3 is 20.4 Å². The fourth-order valence-electron chi connectivity index (χ4n) is 4.12.